The maximum atomic E-state index is 6.09. The molecule has 5 nitrogen and oxygen atoms in total. The number of rotatable bonds is 13. The Hall–Kier alpha value is -1.75. The van der Waals surface area contributed by atoms with Gasteiger partial charge in [-0.2, -0.15) is 5.10 Å². The Morgan fingerprint density at radius 1 is 1.00 bits per heavy atom. The molecule has 2 aliphatic heterocycles. The van der Waals surface area contributed by atoms with Gasteiger partial charge in [0.15, 0.2) is 11.5 Å². The molecule has 2 unspecified atom stereocenters. The minimum absolute atomic E-state index is 0.228. The van der Waals surface area contributed by atoms with Crippen molar-refractivity contribution in [1.82, 2.24) is 10.3 Å². The Labute approximate surface area is 183 Å². The predicted octanol–water partition coefficient (Wildman–Crippen LogP) is 5.56. The molecule has 5 heteroatoms. The Morgan fingerprint density at radius 2 is 1.80 bits per heavy atom. The van der Waals surface area contributed by atoms with Gasteiger partial charge in [0, 0.05) is 31.1 Å². The first-order chi connectivity index (χ1) is 14.8. The van der Waals surface area contributed by atoms with Crippen molar-refractivity contribution >= 4 is 5.71 Å². The monoisotopic (exact) mass is 415 g/mol. The average molecular weight is 416 g/mol. The third-order valence-electron chi connectivity index (χ3n) is 6.40. The number of fused-ring (bicyclic) bond motifs is 1. The summed E-state index contributed by atoms with van der Waals surface area (Å²) in [5.74, 6) is 2.17. The van der Waals surface area contributed by atoms with Crippen LogP contribution in [0.1, 0.15) is 83.7 Å². The minimum atomic E-state index is 0.228. The van der Waals surface area contributed by atoms with E-state index >= 15 is 0 Å². The van der Waals surface area contributed by atoms with Crippen molar-refractivity contribution < 1.29 is 9.47 Å². The summed E-state index contributed by atoms with van der Waals surface area (Å²) in [6.45, 7) is 11.2. The summed E-state index contributed by atoms with van der Waals surface area (Å²) in [6.07, 6.45) is 10.1. The summed E-state index contributed by atoms with van der Waals surface area (Å²) in [7, 11) is 0. The molecule has 1 N–H and O–H groups in total. The van der Waals surface area contributed by atoms with Crippen LogP contribution in [0, 0.1) is 5.92 Å². The lowest BCUT2D eigenvalue weighted by Crippen LogP contribution is -2.41. The number of unbranched alkanes of at least 4 members (excludes halogenated alkanes) is 6. The van der Waals surface area contributed by atoms with Gasteiger partial charge in [-0.3, -0.25) is 0 Å². The smallest absolute Gasteiger partial charge is 0.161 e. The first-order valence-electron chi connectivity index (χ1n) is 12.2. The Balaban J connectivity index is 1.55. The van der Waals surface area contributed by atoms with Crippen LogP contribution in [0.3, 0.4) is 0 Å². The zero-order valence-corrected chi connectivity index (χ0v) is 19.3. The largest absolute Gasteiger partial charge is 0.490 e. The molecule has 0 aliphatic carbocycles. The minimum Gasteiger partial charge on any atom is -0.490 e. The van der Waals surface area contributed by atoms with E-state index in [4.69, 9.17) is 9.47 Å². The van der Waals surface area contributed by atoms with Gasteiger partial charge in [0.1, 0.15) is 0 Å². The van der Waals surface area contributed by atoms with Crippen LogP contribution in [-0.2, 0) is 0 Å². The van der Waals surface area contributed by atoms with Crippen molar-refractivity contribution in [2.75, 3.05) is 32.8 Å². The van der Waals surface area contributed by atoms with Crippen LogP contribution in [-0.4, -0.2) is 43.5 Å². The number of hydrazone groups is 1. The van der Waals surface area contributed by atoms with E-state index in [0.29, 0.717) is 12.5 Å². The summed E-state index contributed by atoms with van der Waals surface area (Å²) in [4.78, 5) is 2.52. The molecule has 3 rings (SSSR count). The molecule has 168 valence electrons. The summed E-state index contributed by atoms with van der Waals surface area (Å²) < 4.78 is 12.0. The molecular formula is C25H41N3O2. The van der Waals surface area contributed by atoms with Crippen LogP contribution in [0.25, 0.3) is 0 Å². The van der Waals surface area contributed by atoms with Crippen molar-refractivity contribution in [1.29, 1.82) is 0 Å². The van der Waals surface area contributed by atoms with Gasteiger partial charge in [-0.05, 0) is 37.6 Å². The van der Waals surface area contributed by atoms with Crippen molar-refractivity contribution in [3.63, 3.8) is 0 Å². The van der Waals surface area contributed by atoms with Gasteiger partial charge in [0.05, 0.1) is 19.3 Å². The normalized spacial score (nSPS) is 21.1. The predicted molar refractivity (Wildman–Crippen MR) is 125 cm³/mol. The highest BCUT2D eigenvalue weighted by atomic mass is 16.5. The maximum absolute atomic E-state index is 6.09. The van der Waals surface area contributed by atoms with E-state index in [-0.39, 0.29) is 6.04 Å². The van der Waals surface area contributed by atoms with Crippen LogP contribution >= 0.6 is 0 Å². The molecule has 1 aromatic carbocycles. The molecule has 0 spiro atoms. The number of nitrogens with zero attached hydrogens (tertiary/aromatic N) is 2. The van der Waals surface area contributed by atoms with Gasteiger partial charge < -0.3 is 19.8 Å². The number of hydrogen-bond donors (Lipinski definition) is 1. The highest BCUT2D eigenvalue weighted by Gasteiger charge is 2.36. The van der Waals surface area contributed by atoms with Crippen molar-refractivity contribution in [3.05, 3.63) is 23.8 Å². The van der Waals surface area contributed by atoms with Crippen LogP contribution in [0.15, 0.2) is 23.3 Å². The van der Waals surface area contributed by atoms with Crippen LogP contribution < -0.4 is 14.9 Å². The van der Waals surface area contributed by atoms with Crippen molar-refractivity contribution in [2.45, 2.75) is 78.2 Å². The standard InChI is InChI=1S/C25H41N3O2/c1-4-7-8-9-10-11-12-17-30-23-14-13-20(18-24(23)29-6-3)25-21-19-28(5-2)16-15-22(21)26-27-25/h13-14,18,21,25,27H,4-12,15-17,19H2,1-3H3. The summed E-state index contributed by atoms with van der Waals surface area (Å²) in [6, 6.07) is 6.65. The van der Waals surface area contributed by atoms with E-state index in [0.717, 1.165) is 50.6 Å². The summed E-state index contributed by atoms with van der Waals surface area (Å²) >= 11 is 0. The fraction of sp³-hybridized carbons (Fsp3) is 0.720. The molecule has 2 heterocycles. The fourth-order valence-corrected chi connectivity index (χ4v) is 4.55. The Morgan fingerprint density at radius 3 is 2.57 bits per heavy atom. The van der Waals surface area contributed by atoms with Crippen LogP contribution in [0.2, 0.25) is 0 Å². The third-order valence-corrected chi connectivity index (χ3v) is 6.40. The number of hydrogen-bond acceptors (Lipinski definition) is 5. The lowest BCUT2D eigenvalue weighted by molar-refractivity contribution is 0.238. The van der Waals surface area contributed by atoms with Gasteiger partial charge in [-0.15, -0.1) is 0 Å². The molecule has 0 radical (unpaired) electrons. The SMILES string of the molecule is CCCCCCCCCOc1ccc(C2NN=C3CCN(CC)CC32)cc1OCC. The highest BCUT2D eigenvalue weighted by molar-refractivity contribution is 5.90. The van der Waals surface area contributed by atoms with E-state index in [1.165, 1.54) is 49.8 Å². The van der Waals surface area contributed by atoms with Gasteiger partial charge in [0.25, 0.3) is 0 Å². The molecule has 1 aromatic rings. The second kappa shape index (κ2) is 12.2. The van der Waals surface area contributed by atoms with E-state index in [1.54, 1.807) is 0 Å². The average Bonchev–Trinajstić information content (AvgIpc) is 3.19. The second-order valence-corrected chi connectivity index (χ2v) is 8.57. The van der Waals surface area contributed by atoms with Crippen molar-refractivity contribution in [2.24, 2.45) is 11.0 Å². The molecule has 1 saturated heterocycles. The van der Waals surface area contributed by atoms with E-state index in [2.05, 4.69) is 47.5 Å². The quantitative estimate of drug-likeness (QED) is 0.429. The number of benzene rings is 1. The molecule has 1 fully saturated rings. The number of likely N-dealkylation sites (tertiary alicyclic amines) is 1. The molecule has 0 bridgehead atoms. The van der Waals surface area contributed by atoms with Gasteiger partial charge in [-0.25, -0.2) is 0 Å². The van der Waals surface area contributed by atoms with E-state index in [1.807, 2.05) is 6.92 Å². The number of nitrogens with one attached hydrogen (secondary N) is 1. The number of ether oxygens (including phenoxy) is 2. The van der Waals surface area contributed by atoms with Crippen molar-refractivity contribution in [3.8, 4) is 11.5 Å². The first kappa shape index (κ1) is 22.9. The Bertz CT molecular complexity index is 676. The molecule has 0 aromatic heterocycles. The topological polar surface area (TPSA) is 46.1 Å². The van der Waals surface area contributed by atoms with E-state index < -0.39 is 0 Å². The maximum Gasteiger partial charge on any atom is 0.161 e. The number of piperidine rings is 1. The molecular weight excluding hydrogens is 374 g/mol. The lowest BCUT2D eigenvalue weighted by atomic mass is 9.86. The second-order valence-electron chi connectivity index (χ2n) is 8.57. The highest BCUT2D eigenvalue weighted by Crippen LogP contribution is 2.37. The molecule has 2 atom stereocenters. The van der Waals surface area contributed by atoms with Crippen LogP contribution in [0.4, 0.5) is 0 Å². The Kier molecular flexibility index (Phi) is 9.31. The zero-order valence-electron chi connectivity index (χ0n) is 19.3. The third kappa shape index (κ3) is 6.13. The van der Waals surface area contributed by atoms with Gasteiger partial charge in [0.2, 0.25) is 0 Å². The molecule has 2 aliphatic rings. The summed E-state index contributed by atoms with van der Waals surface area (Å²) in [5, 5.41) is 4.65. The summed E-state index contributed by atoms with van der Waals surface area (Å²) in [5.41, 5.74) is 5.95. The van der Waals surface area contributed by atoms with Crippen LogP contribution in [0.5, 0.6) is 11.5 Å². The molecule has 0 amide bonds. The fourth-order valence-electron chi connectivity index (χ4n) is 4.55. The first-order valence-corrected chi connectivity index (χ1v) is 12.2. The van der Waals surface area contributed by atoms with Gasteiger partial charge >= 0.3 is 0 Å². The molecule has 30 heavy (non-hydrogen) atoms. The lowest BCUT2D eigenvalue weighted by Gasteiger charge is -2.32. The zero-order chi connectivity index (χ0) is 21.2. The van der Waals surface area contributed by atoms with E-state index in [9.17, 15) is 0 Å². The molecule has 0 saturated carbocycles. The van der Waals surface area contributed by atoms with Gasteiger partial charge in [-0.1, -0.05) is 58.4 Å².